The van der Waals surface area contributed by atoms with Crippen molar-refractivity contribution < 1.29 is 24.2 Å². The average Bonchev–Trinajstić information content (AvgIpc) is 3.37. The highest BCUT2D eigenvalue weighted by molar-refractivity contribution is 7.15. The maximum atomic E-state index is 13.0. The zero-order chi connectivity index (χ0) is 26.8. The maximum Gasteiger partial charge on any atom is 0.411 e. The molecule has 0 aliphatic carbocycles. The standard InChI is InChI=1S/C30H28N2O5S/c1-18-29(38-20(3)31-18)23-12-13-26(36-25-11-7-8-21(14-25)15-27(33)34)24(16-23)17-32-19(2)28(37-30(32)35)22-9-5-4-6-10-22/h4-14,16,19,28H,15,17H2,1-3H3,(H,33,34). The third-order valence-electron chi connectivity index (χ3n) is 6.57. The minimum Gasteiger partial charge on any atom is -0.481 e. The number of carboxylic acids is 1. The Balaban J connectivity index is 1.49. The molecule has 1 fully saturated rings. The molecule has 3 aromatic carbocycles. The minimum atomic E-state index is -0.906. The summed E-state index contributed by atoms with van der Waals surface area (Å²) in [5.41, 5.74) is 4.36. The van der Waals surface area contributed by atoms with Crippen molar-refractivity contribution in [1.29, 1.82) is 0 Å². The number of aliphatic carboxylic acids is 1. The van der Waals surface area contributed by atoms with E-state index >= 15 is 0 Å². The molecule has 38 heavy (non-hydrogen) atoms. The number of rotatable bonds is 8. The average molecular weight is 529 g/mol. The van der Waals surface area contributed by atoms with Crippen LogP contribution in [0.5, 0.6) is 11.5 Å². The van der Waals surface area contributed by atoms with Crippen molar-refractivity contribution in [3.8, 4) is 21.9 Å². The number of benzene rings is 3. The van der Waals surface area contributed by atoms with Crippen LogP contribution >= 0.6 is 11.3 Å². The Morgan fingerprint density at radius 1 is 1.08 bits per heavy atom. The molecule has 1 amide bonds. The number of amides is 1. The lowest BCUT2D eigenvalue weighted by molar-refractivity contribution is -0.136. The largest absolute Gasteiger partial charge is 0.481 e. The van der Waals surface area contributed by atoms with Crippen LogP contribution in [0, 0.1) is 13.8 Å². The van der Waals surface area contributed by atoms with Gasteiger partial charge in [-0.25, -0.2) is 9.78 Å². The summed E-state index contributed by atoms with van der Waals surface area (Å²) in [6.07, 6.45) is -0.836. The molecular weight excluding hydrogens is 500 g/mol. The molecule has 2 heterocycles. The fraction of sp³-hybridized carbons (Fsp3) is 0.233. The van der Waals surface area contributed by atoms with Gasteiger partial charge < -0.3 is 14.6 Å². The third kappa shape index (κ3) is 5.40. The number of ether oxygens (including phenoxy) is 2. The molecule has 1 aliphatic rings. The zero-order valence-corrected chi connectivity index (χ0v) is 22.2. The molecule has 0 radical (unpaired) electrons. The Hall–Kier alpha value is -4.17. The van der Waals surface area contributed by atoms with E-state index in [1.165, 1.54) is 0 Å². The van der Waals surface area contributed by atoms with E-state index in [4.69, 9.17) is 9.47 Å². The number of aryl methyl sites for hydroxylation is 2. The van der Waals surface area contributed by atoms with Gasteiger partial charge in [-0.2, -0.15) is 0 Å². The first kappa shape index (κ1) is 25.5. The van der Waals surface area contributed by atoms with Gasteiger partial charge in [-0.05, 0) is 67.8 Å². The molecule has 5 rings (SSSR count). The van der Waals surface area contributed by atoms with Crippen LogP contribution < -0.4 is 4.74 Å². The Labute approximate surface area is 225 Å². The van der Waals surface area contributed by atoms with E-state index in [0.29, 0.717) is 17.1 Å². The number of hydrogen-bond donors (Lipinski definition) is 1. The van der Waals surface area contributed by atoms with Crippen molar-refractivity contribution in [1.82, 2.24) is 9.88 Å². The van der Waals surface area contributed by atoms with Crippen molar-refractivity contribution in [2.75, 3.05) is 0 Å². The number of carbonyl (C=O) groups excluding carboxylic acids is 1. The van der Waals surface area contributed by atoms with E-state index < -0.39 is 5.97 Å². The van der Waals surface area contributed by atoms with E-state index in [2.05, 4.69) is 4.98 Å². The van der Waals surface area contributed by atoms with Gasteiger partial charge in [0.05, 0.1) is 34.6 Å². The number of cyclic esters (lactones) is 1. The topological polar surface area (TPSA) is 89.0 Å². The molecule has 0 bridgehead atoms. The van der Waals surface area contributed by atoms with E-state index in [0.717, 1.165) is 32.3 Å². The minimum absolute atomic E-state index is 0.0923. The van der Waals surface area contributed by atoms with Crippen LogP contribution in [0.4, 0.5) is 4.79 Å². The van der Waals surface area contributed by atoms with E-state index in [9.17, 15) is 14.7 Å². The number of thiazole rings is 1. The number of carbonyl (C=O) groups is 2. The van der Waals surface area contributed by atoms with Gasteiger partial charge in [0.1, 0.15) is 17.6 Å². The first-order valence-electron chi connectivity index (χ1n) is 12.4. The van der Waals surface area contributed by atoms with Gasteiger partial charge in [0, 0.05) is 5.56 Å². The number of aromatic nitrogens is 1. The molecule has 1 aromatic heterocycles. The van der Waals surface area contributed by atoms with Crippen LogP contribution in [-0.2, 0) is 22.5 Å². The molecular formula is C30H28N2O5S. The van der Waals surface area contributed by atoms with Crippen molar-refractivity contribution >= 4 is 23.4 Å². The van der Waals surface area contributed by atoms with Crippen LogP contribution in [0.1, 0.15) is 40.4 Å². The second kappa shape index (κ2) is 10.7. The van der Waals surface area contributed by atoms with Crippen molar-refractivity contribution in [2.24, 2.45) is 0 Å². The van der Waals surface area contributed by atoms with Crippen molar-refractivity contribution in [2.45, 2.75) is 45.9 Å². The van der Waals surface area contributed by atoms with Crippen LogP contribution in [0.2, 0.25) is 0 Å². The van der Waals surface area contributed by atoms with Crippen LogP contribution in [-0.4, -0.2) is 33.1 Å². The second-order valence-electron chi connectivity index (χ2n) is 9.37. The third-order valence-corrected chi connectivity index (χ3v) is 7.69. The van der Waals surface area contributed by atoms with E-state index in [-0.39, 0.29) is 31.2 Å². The van der Waals surface area contributed by atoms with Crippen LogP contribution in [0.3, 0.4) is 0 Å². The smallest absolute Gasteiger partial charge is 0.411 e. The lowest BCUT2D eigenvalue weighted by Crippen LogP contribution is -2.31. The highest BCUT2D eigenvalue weighted by atomic mass is 32.1. The summed E-state index contributed by atoms with van der Waals surface area (Å²) in [5.74, 6) is 0.210. The van der Waals surface area contributed by atoms with Crippen molar-refractivity contribution in [3.63, 3.8) is 0 Å². The molecule has 1 aliphatic heterocycles. The predicted octanol–water partition coefficient (Wildman–Crippen LogP) is 6.93. The summed E-state index contributed by atoms with van der Waals surface area (Å²) in [5, 5.41) is 10.2. The fourth-order valence-corrected chi connectivity index (χ4v) is 5.67. The van der Waals surface area contributed by atoms with Gasteiger partial charge in [0.2, 0.25) is 0 Å². The molecule has 1 saturated heterocycles. The molecule has 2 atom stereocenters. The molecule has 2 unspecified atom stereocenters. The summed E-state index contributed by atoms with van der Waals surface area (Å²) >= 11 is 1.62. The first-order chi connectivity index (χ1) is 18.3. The molecule has 0 spiro atoms. The maximum absolute atomic E-state index is 13.0. The van der Waals surface area contributed by atoms with Crippen LogP contribution in [0.25, 0.3) is 10.4 Å². The summed E-state index contributed by atoms with van der Waals surface area (Å²) in [7, 11) is 0. The first-order valence-corrected chi connectivity index (χ1v) is 13.2. The molecule has 4 aromatic rings. The molecule has 8 heteroatoms. The molecule has 7 nitrogen and oxygen atoms in total. The summed E-state index contributed by atoms with van der Waals surface area (Å²) < 4.78 is 12.0. The Morgan fingerprint density at radius 3 is 2.58 bits per heavy atom. The molecule has 1 N–H and O–H groups in total. The Kier molecular flexibility index (Phi) is 7.15. The van der Waals surface area contributed by atoms with Crippen molar-refractivity contribution in [3.05, 3.63) is 100 Å². The van der Waals surface area contributed by atoms with Gasteiger partial charge >= 0.3 is 12.1 Å². The normalized spacial score (nSPS) is 16.9. The van der Waals surface area contributed by atoms with Gasteiger partial charge in [-0.15, -0.1) is 11.3 Å². The second-order valence-corrected chi connectivity index (χ2v) is 10.6. The van der Waals surface area contributed by atoms with Gasteiger partial charge in [-0.3, -0.25) is 9.69 Å². The zero-order valence-electron chi connectivity index (χ0n) is 21.4. The molecule has 0 saturated carbocycles. The SMILES string of the molecule is Cc1nc(C)c(-c2ccc(Oc3cccc(CC(=O)O)c3)c(CN3C(=O)OC(c4ccccc4)C3C)c2)s1. The number of nitrogens with zero attached hydrogens (tertiary/aromatic N) is 2. The quantitative estimate of drug-likeness (QED) is 0.267. The summed E-state index contributed by atoms with van der Waals surface area (Å²) in [6, 6.07) is 22.5. The highest BCUT2D eigenvalue weighted by Gasteiger charge is 2.40. The van der Waals surface area contributed by atoms with Gasteiger partial charge in [0.15, 0.2) is 0 Å². The van der Waals surface area contributed by atoms with Gasteiger partial charge in [0.25, 0.3) is 0 Å². The highest BCUT2D eigenvalue weighted by Crippen LogP contribution is 2.38. The summed E-state index contributed by atoms with van der Waals surface area (Å²) in [6.45, 7) is 6.24. The van der Waals surface area contributed by atoms with E-state index in [1.54, 1.807) is 40.5 Å². The fourth-order valence-electron chi connectivity index (χ4n) is 4.75. The number of hydrogen-bond acceptors (Lipinski definition) is 6. The lowest BCUT2D eigenvalue weighted by atomic mass is 10.0. The van der Waals surface area contributed by atoms with Gasteiger partial charge in [-0.1, -0.05) is 42.5 Å². The number of carboxylic acid groups (broad SMARTS) is 1. The Morgan fingerprint density at radius 2 is 1.87 bits per heavy atom. The monoisotopic (exact) mass is 528 g/mol. The predicted molar refractivity (Wildman–Crippen MR) is 146 cm³/mol. The van der Waals surface area contributed by atoms with E-state index in [1.807, 2.05) is 69.3 Å². The lowest BCUT2D eigenvalue weighted by Gasteiger charge is -2.23. The Bertz CT molecular complexity index is 1480. The van der Waals surface area contributed by atoms with Crippen LogP contribution in [0.15, 0.2) is 72.8 Å². The molecule has 194 valence electrons. The summed E-state index contributed by atoms with van der Waals surface area (Å²) in [4.78, 5) is 31.5.